The fraction of sp³-hybridized carbons (Fsp3) is 0.231. The van der Waals surface area contributed by atoms with Crippen LogP contribution in [0.3, 0.4) is 0 Å². The standard InChI is InChI=1S/C13H13N3O4S/c1-2-20-11(18)5-8-7-21-13(15-8)16-12(19)9-6-14-4-3-10(9)17/h3-4,6-7H,2,5H2,1H3,(H,14,17)(H,15,16,19). The summed E-state index contributed by atoms with van der Waals surface area (Å²) in [4.78, 5) is 41.5. The molecule has 8 heteroatoms. The van der Waals surface area contributed by atoms with E-state index in [1.807, 2.05) is 0 Å². The van der Waals surface area contributed by atoms with E-state index in [0.29, 0.717) is 17.4 Å². The number of carbonyl (C=O) groups excluding carboxylic acids is 2. The molecule has 110 valence electrons. The Balaban J connectivity index is 2.03. The zero-order valence-electron chi connectivity index (χ0n) is 11.2. The maximum absolute atomic E-state index is 11.9. The van der Waals surface area contributed by atoms with Crippen LogP contribution in [-0.2, 0) is 16.0 Å². The minimum Gasteiger partial charge on any atom is -0.466 e. The van der Waals surface area contributed by atoms with Gasteiger partial charge in [-0.25, -0.2) is 4.98 Å². The highest BCUT2D eigenvalue weighted by Crippen LogP contribution is 2.16. The number of aromatic amines is 1. The number of ether oxygens (including phenoxy) is 1. The lowest BCUT2D eigenvalue weighted by Crippen LogP contribution is -2.20. The Morgan fingerprint density at radius 2 is 2.29 bits per heavy atom. The average molecular weight is 307 g/mol. The van der Waals surface area contributed by atoms with Gasteiger partial charge in [0.2, 0.25) is 0 Å². The van der Waals surface area contributed by atoms with E-state index in [0.717, 1.165) is 0 Å². The van der Waals surface area contributed by atoms with Crippen LogP contribution in [0.5, 0.6) is 0 Å². The summed E-state index contributed by atoms with van der Waals surface area (Å²) in [5, 5.41) is 4.50. The molecular formula is C13H13N3O4S. The second-order valence-corrected chi connectivity index (χ2v) is 4.86. The Morgan fingerprint density at radius 1 is 1.48 bits per heavy atom. The highest BCUT2D eigenvalue weighted by molar-refractivity contribution is 7.14. The van der Waals surface area contributed by atoms with Crippen LogP contribution >= 0.6 is 11.3 Å². The number of anilines is 1. The third-order valence-electron chi connectivity index (χ3n) is 2.47. The van der Waals surface area contributed by atoms with Gasteiger partial charge in [0.05, 0.1) is 18.7 Å². The second-order valence-electron chi connectivity index (χ2n) is 4.00. The van der Waals surface area contributed by atoms with Crippen LogP contribution in [0.2, 0.25) is 0 Å². The first-order chi connectivity index (χ1) is 10.1. The van der Waals surface area contributed by atoms with Crippen LogP contribution in [0.4, 0.5) is 5.13 Å². The van der Waals surface area contributed by atoms with Crippen molar-refractivity contribution in [1.82, 2.24) is 9.97 Å². The molecular weight excluding hydrogens is 294 g/mol. The lowest BCUT2D eigenvalue weighted by molar-refractivity contribution is -0.142. The van der Waals surface area contributed by atoms with E-state index in [4.69, 9.17) is 4.74 Å². The Labute approximate surface area is 124 Å². The smallest absolute Gasteiger partial charge is 0.311 e. The van der Waals surface area contributed by atoms with Gasteiger partial charge in [0, 0.05) is 23.8 Å². The maximum Gasteiger partial charge on any atom is 0.311 e. The lowest BCUT2D eigenvalue weighted by atomic mass is 10.2. The third kappa shape index (κ3) is 3.99. The number of nitrogens with one attached hydrogen (secondary N) is 2. The summed E-state index contributed by atoms with van der Waals surface area (Å²) in [5.41, 5.74) is 0.130. The Kier molecular flexibility index (Phi) is 4.83. The summed E-state index contributed by atoms with van der Waals surface area (Å²) in [7, 11) is 0. The first kappa shape index (κ1) is 14.9. The molecule has 2 N–H and O–H groups in total. The molecule has 0 aliphatic heterocycles. The van der Waals surface area contributed by atoms with Crippen molar-refractivity contribution in [3.8, 4) is 0 Å². The van der Waals surface area contributed by atoms with Gasteiger partial charge in [-0.1, -0.05) is 0 Å². The summed E-state index contributed by atoms with van der Waals surface area (Å²) in [6, 6.07) is 1.27. The molecule has 7 nitrogen and oxygen atoms in total. The summed E-state index contributed by atoms with van der Waals surface area (Å²) in [5.74, 6) is -0.922. The maximum atomic E-state index is 11.9. The van der Waals surface area contributed by atoms with Gasteiger partial charge < -0.3 is 9.72 Å². The summed E-state index contributed by atoms with van der Waals surface area (Å²) in [6.45, 7) is 2.03. The fourth-order valence-electron chi connectivity index (χ4n) is 1.56. The van der Waals surface area contributed by atoms with E-state index in [1.54, 1.807) is 12.3 Å². The predicted molar refractivity (Wildman–Crippen MR) is 77.5 cm³/mol. The van der Waals surface area contributed by atoms with Crippen molar-refractivity contribution in [2.24, 2.45) is 0 Å². The van der Waals surface area contributed by atoms with Crippen molar-refractivity contribution in [3.05, 3.63) is 45.3 Å². The van der Waals surface area contributed by atoms with Crippen molar-refractivity contribution in [2.45, 2.75) is 13.3 Å². The number of aromatic nitrogens is 2. The van der Waals surface area contributed by atoms with E-state index in [-0.39, 0.29) is 23.4 Å². The fourth-order valence-corrected chi connectivity index (χ4v) is 2.27. The second kappa shape index (κ2) is 6.80. The van der Waals surface area contributed by atoms with Gasteiger partial charge in [-0.05, 0) is 6.92 Å². The quantitative estimate of drug-likeness (QED) is 0.808. The first-order valence-electron chi connectivity index (χ1n) is 6.18. The molecule has 21 heavy (non-hydrogen) atoms. The molecule has 2 rings (SSSR count). The Hall–Kier alpha value is -2.48. The van der Waals surface area contributed by atoms with Gasteiger partial charge in [-0.3, -0.25) is 19.7 Å². The van der Waals surface area contributed by atoms with Crippen LogP contribution in [0.1, 0.15) is 23.0 Å². The molecule has 0 fully saturated rings. The van der Waals surface area contributed by atoms with Gasteiger partial charge >= 0.3 is 5.97 Å². The highest BCUT2D eigenvalue weighted by Gasteiger charge is 2.13. The number of H-pyrrole nitrogens is 1. The lowest BCUT2D eigenvalue weighted by Gasteiger charge is -2.00. The van der Waals surface area contributed by atoms with Crippen molar-refractivity contribution in [1.29, 1.82) is 0 Å². The molecule has 0 aliphatic rings. The summed E-state index contributed by atoms with van der Waals surface area (Å²) in [6.07, 6.45) is 2.82. The van der Waals surface area contributed by atoms with Crippen molar-refractivity contribution >= 4 is 28.3 Å². The molecule has 0 spiro atoms. The number of nitrogens with zero attached hydrogens (tertiary/aromatic N) is 1. The van der Waals surface area contributed by atoms with Crippen molar-refractivity contribution in [2.75, 3.05) is 11.9 Å². The van der Waals surface area contributed by atoms with Gasteiger partial charge in [-0.15, -0.1) is 11.3 Å². The largest absolute Gasteiger partial charge is 0.466 e. The van der Waals surface area contributed by atoms with Crippen LogP contribution in [0, 0.1) is 0 Å². The normalized spacial score (nSPS) is 10.1. The molecule has 0 atom stereocenters. The van der Waals surface area contributed by atoms with Crippen molar-refractivity contribution < 1.29 is 14.3 Å². The Bertz CT molecular complexity index is 707. The zero-order valence-corrected chi connectivity index (χ0v) is 12.0. The Morgan fingerprint density at radius 3 is 3.00 bits per heavy atom. The van der Waals surface area contributed by atoms with Gasteiger partial charge in [0.15, 0.2) is 10.6 Å². The SMILES string of the molecule is CCOC(=O)Cc1csc(NC(=O)c2c[nH]ccc2=O)n1. The third-order valence-corrected chi connectivity index (χ3v) is 3.28. The van der Waals surface area contributed by atoms with Crippen LogP contribution < -0.4 is 10.7 Å². The topological polar surface area (TPSA) is 101 Å². The predicted octanol–water partition coefficient (Wildman–Crippen LogP) is 1.19. The van der Waals surface area contributed by atoms with Gasteiger partial charge in [0.1, 0.15) is 5.56 Å². The number of amides is 1. The average Bonchev–Trinajstić information content (AvgIpc) is 2.86. The van der Waals surface area contributed by atoms with Gasteiger partial charge in [-0.2, -0.15) is 0 Å². The minimum atomic E-state index is -0.547. The number of carbonyl (C=O) groups is 2. The molecule has 0 radical (unpaired) electrons. The minimum absolute atomic E-state index is 0.000331. The number of pyridine rings is 1. The zero-order chi connectivity index (χ0) is 15.2. The number of hydrogen-bond acceptors (Lipinski definition) is 6. The molecule has 2 aromatic heterocycles. The first-order valence-corrected chi connectivity index (χ1v) is 7.06. The number of esters is 1. The van der Waals surface area contributed by atoms with E-state index in [1.165, 1.54) is 29.8 Å². The molecule has 2 heterocycles. The molecule has 0 unspecified atom stereocenters. The summed E-state index contributed by atoms with van der Waals surface area (Å²) < 4.78 is 4.81. The van der Waals surface area contributed by atoms with E-state index in [9.17, 15) is 14.4 Å². The van der Waals surface area contributed by atoms with Crippen LogP contribution in [0.25, 0.3) is 0 Å². The molecule has 0 bridgehead atoms. The molecule has 0 aromatic carbocycles. The molecule has 1 amide bonds. The molecule has 2 aromatic rings. The highest BCUT2D eigenvalue weighted by atomic mass is 32.1. The van der Waals surface area contributed by atoms with Gasteiger partial charge in [0.25, 0.3) is 5.91 Å². The number of rotatable bonds is 5. The van der Waals surface area contributed by atoms with Crippen LogP contribution in [-0.4, -0.2) is 28.5 Å². The molecule has 0 saturated heterocycles. The summed E-state index contributed by atoms with van der Waals surface area (Å²) >= 11 is 1.18. The van der Waals surface area contributed by atoms with E-state index < -0.39 is 5.91 Å². The van der Waals surface area contributed by atoms with E-state index in [2.05, 4.69) is 15.3 Å². The van der Waals surface area contributed by atoms with Crippen molar-refractivity contribution in [3.63, 3.8) is 0 Å². The number of hydrogen-bond donors (Lipinski definition) is 2. The number of thiazole rings is 1. The molecule has 0 saturated carbocycles. The van der Waals surface area contributed by atoms with Crippen LogP contribution in [0.15, 0.2) is 28.6 Å². The monoisotopic (exact) mass is 307 g/mol. The van der Waals surface area contributed by atoms with E-state index >= 15 is 0 Å². The molecule has 0 aliphatic carbocycles.